The Kier molecular flexibility index (Phi) is 7.71. The van der Waals surface area contributed by atoms with Crippen molar-refractivity contribution in [3.8, 4) is 11.1 Å². The molecule has 5 rings (SSSR count). The number of carbonyl (C=O) groups is 3. The number of likely N-dealkylation sites (tertiary alicyclic amines) is 1. The van der Waals surface area contributed by atoms with E-state index < -0.39 is 6.04 Å². The summed E-state index contributed by atoms with van der Waals surface area (Å²) in [6, 6.07) is 12.8. The number of hydrogen-bond donors (Lipinski definition) is 1. The average molecular weight is 553 g/mol. The van der Waals surface area contributed by atoms with Gasteiger partial charge in [0.05, 0.1) is 11.6 Å². The molecule has 1 N–H and O–H groups in total. The summed E-state index contributed by atoms with van der Waals surface area (Å²) >= 11 is 0. The smallest absolute Gasteiger partial charge is 0.245 e. The van der Waals surface area contributed by atoms with Gasteiger partial charge in [-0.3, -0.25) is 19.1 Å². The Morgan fingerprint density at radius 2 is 1.71 bits per heavy atom. The normalized spacial score (nSPS) is 19.4. The summed E-state index contributed by atoms with van der Waals surface area (Å²) in [5.74, 6) is 0.276. The molecule has 4 atom stereocenters. The molecule has 0 spiro atoms. The van der Waals surface area contributed by atoms with Crippen LogP contribution in [-0.4, -0.2) is 54.3 Å². The molecule has 0 saturated carbocycles. The van der Waals surface area contributed by atoms with Crippen LogP contribution in [0.15, 0.2) is 54.9 Å². The molecular formula is C32H36N6O3. The van der Waals surface area contributed by atoms with E-state index in [1.807, 2.05) is 70.2 Å². The Morgan fingerprint density at radius 1 is 1.02 bits per heavy atom. The number of nitrogens with zero attached hydrogens (tertiary/aromatic N) is 5. The third-order valence-electron chi connectivity index (χ3n) is 8.21. The predicted octanol–water partition coefficient (Wildman–Crippen LogP) is 4.82. The van der Waals surface area contributed by atoms with Gasteiger partial charge in [-0.05, 0) is 68.9 Å². The topological polar surface area (TPSA) is 110 Å². The summed E-state index contributed by atoms with van der Waals surface area (Å²) in [7, 11) is 0. The number of carbonyl (C=O) groups excluding carboxylic acids is 3. The maximum atomic E-state index is 13.9. The first-order chi connectivity index (χ1) is 19.5. The molecule has 3 heterocycles. The molecule has 1 aliphatic rings. The third-order valence-corrected chi connectivity index (χ3v) is 8.21. The number of Topliss-reactive ketones (excluding diaryl/α,β-unsaturated/α-hetero) is 1. The van der Waals surface area contributed by atoms with Crippen LogP contribution in [0.1, 0.15) is 67.6 Å². The minimum Gasteiger partial charge on any atom is -0.348 e. The number of fused-ring (bicyclic) bond motifs is 1. The fourth-order valence-corrected chi connectivity index (χ4v) is 5.81. The number of aryl methyl sites for hydroxylation is 2. The monoisotopic (exact) mass is 552 g/mol. The van der Waals surface area contributed by atoms with Crippen molar-refractivity contribution in [2.75, 3.05) is 0 Å². The molecule has 2 amide bonds. The molecule has 0 bridgehead atoms. The van der Waals surface area contributed by atoms with Crippen LogP contribution in [0.2, 0.25) is 0 Å². The van der Waals surface area contributed by atoms with Crippen molar-refractivity contribution in [1.82, 2.24) is 30.0 Å². The van der Waals surface area contributed by atoms with E-state index in [1.54, 1.807) is 22.0 Å². The van der Waals surface area contributed by atoms with Crippen molar-refractivity contribution < 1.29 is 14.4 Å². The van der Waals surface area contributed by atoms with Crippen molar-refractivity contribution in [1.29, 1.82) is 0 Å². The second-order valence-electron chi connectivity index (χ2n) is 11.2. The Morgan fingerprint density at radius 3 is 2.37 bits per heavy atom. The van der Waals surface area contributed by atoms with Crippen molar-refractivity contribution in [3.05, 3.63) is 77.5 Å². The first-order valence-electron chi connectivity index (χ1n) is 14.0. The van der Waals surface area contributed by atoms with Crippen molar-refractivity contribution in [2.24, 2.45) is 5.92 Å². The first-order valence-corrected chi connectivity index (χ1v) is 14.0. The van der Waals surface area contributed by atoms with Crippen LogP contribution in [-0.2, 0) is 16.1 Å². The Labute approximate surface area is 240 Å². The van der Waals surface area contributed by atoms with Crippen LogP contribution in [0, 0.1) is 19.8 Å². The van der Waals surface area contributed by atoms with Gasteiger partial charge in [0, 0.05) is 36.3 Å². The van der Waals surface area contributed by atoms with Gasteiger partial charge >= 0.3 is 0 Å². The van der Waals surface area contributed by atoms with Gasteiger partial charge in [-0.25, -0.2) is 9.97 Å². The highest BCUT2D eigenvalue weighted by atomic mass is 16.2. The number of benzene rings is 2. The predicted molar refractivity (Wildman–Crippen MR) is 157 cm³/mol. The van der Waals surface area contributed by atoms with Gasteiger partial charge in [-0.1, -0.05) is 37.3 Å². The van der Waals surface area contributed by atoms with E-state index >= 15 is 0 Å². The van der Waals surface area contributed by atoms with Gasteiger partial charge in [0.15, 0.2) is 5.78 Å². The lowest BCUT2D eigenvalue weighted by Gasteiger charge is -2.29. The molecule has 0 unspecified atom stereocenters. The summed E-state index contributed by atoms with van der Waals surface area (Å²) in [5, 5.41) is 8.38. The molecule has 0 radical (unpaired) electrons. The van der Waals surface area contributed by atoms with E-state index in [1.165, 1.54) is 6.92 Å². The summed E-state index contributed by atoms with van der Waals surface area (Å²) in [6.07, 6.45) is 4.09. The van der Waals surface area contributed by atoms with Crippen LogP contribution in [0.3, 0.4) is 0 Å². The minimum atomic E-state index is -0.581. The summed E-state index contributed by atoms with van der Waals surface area (Å²) in [6.45, 7) is 11.2. The molecule has 1 saturated heterocycles. The SMILES string of the molecule is CC(=O)c1nn(CC(=O)N2[C@H](C)[C@@H](C)C[C@H]2C(=O)N[C@@H](C)c2ccccc2)c2c(C)cc(-c3cnc(C)nc3)cc12. The van der Waals surface area contributed by atoms with E-state index in [0.29, 0.717) is 23.3 Å². The summed E-state index contributed by atoms with van der Waals surface area (Å²) < 4.78 is 1.61. The van der Waals surface area contributed by atoms with Gasteiger partial charge in [0.2, 0.25) is 11.8 Å². The van der Waals surface area contributed by atoms with E-state index in [2.05, 4.69) is 27.3 Å². The molecule has 1 aliphatic heterocycles. The van der Waals surface area contributed by atoms with E-state index in [4.69, 9.17) is 0 Å². The zero-order valence-corrected chi connectivity index (χ0v) is 24.4. The largest absolute Gasteiger partial charge is 0.348 e. The summed E-state index contributed by atoms with van der Waals surface area (Å²) in [4.78, 5) is 50.3. The maximum absolute atomic E-state index is 13.9. The molecule has 1 fully saturated rings. The Bertz CT molecular complexity index is 1610. The van der Waals surface area contributed by atoms with Gasteiger partial charge in [-0.15, -0.1) is 0 Å². The highest BCUT2D eigenvalue weighted by Crippen LogP contribution is 2.33. The van der Waals surface area contributed by atoms with Crippen LogP contribution in [0.25, 0.3) is 22.0 Å². The average Bonchev–Trinajstić information content (AvgIpc) is 3.46. The molecule has 4 aromatic rings. The molecule has 2 aromatic carbocycles. The number of amides is 2. The number of rotatable bonds is 7. The summed E-state index contributed by atoms with van der Waals surface area (Å²) in [5.41, 5.74) is 4.61. The third kappa shape index (κ3) is 5.49. The zero-order valence-electron chi connectivity index (χ0n) is 24.4. The van der Waals surface area contributed by atoms with Crippen molar-refractivity contribution in [3.63, 3.8) is 0 Å². The van der Waals surface area contributed by atoms with E-state index in [0.717, 1.165) is 27.8 Å². The van der Waals surface area contributed by atoms with Crippen molar-refractivity contribution >= 4 is 28.5 Å². The Balaban J connectivity index is 1.45. The van der Waals surface area contributed by atoms with Crippen LogP contribution >= 0.6 is 0 Å². The van der Waals surface area contributed by atoms with E-state index in [-0.39, 0.29) is 42.1 Å². The quantitative estimate of drug-likeness (QED) is 0.329. The first kappa shape index (κ1) is 28.1. The lowest BCUT2D eigenvalue weighted by atomic mass is 10.0. The number of hydrogen-bond acceptors (Lipinski definition) is 6. The fraction of sp³-hybridized carbons (Fsp3) is 0.375. The van der Waals surface area contributed by atoms with Gasteiger partial charge in [0.1, 0.15) is 24.1 Å². The molecule has 41 heavy (non-hydrogen) atoms. The number of aromatic nitrogens is 4. The highest BCUT2D eigenvalue weighted by molar-refractivity contribution is 6.07. The van der Waals surface area contributed by atoms with Crippen molar-refractivity contribution in [2.45, 2.75) is 72.6 Å². The zero-order chi connectivity index (χ0) is 29.4. The molecular weight excluding hydrogens is 516 g/mol. The van der Waals surface area contributed by atoms with Crippen LogP contribution in [0.5, 0.6) is 0 Å². The number of nitrogens with one attached hydrogen (secondary N) is 1. The molecule has 9 heteroatoms. The van der Waals surface area contributed by atoms with E-state index in [9.17, 15) is 14.4 Å². The van der Waals surface area contributed by atoms with Gasteiger partial charge < -0.3 is 10.2 Å². The maximum Gasteiger partial charge on any atom is 0.245 e. The van der Waals surface area contributed by atoms with Crippen LogP contribution < -0.4 is 5.32 Å². The second-order valence-corrected chi connectivity index (χ2v) is 11.2. The standard InChI is InChI=1S/C32H36N6O3/c1-18-13-28(32(41)35-20(3)24-10-8-7-9-11-24)38(21(18)4)29(40)17-37-31-19(2)12-25(26-15-33-23(6)34-16-26)14-27(31)30(36-37)22(5)39/h7-12,14-16,18,20-21,28H,13,17H2,1-6H3,(H,35,41)/t18-,20-,21+,28-/m0/s1. The molecule has 212 valence electrons. The lowest BCUT2D eigenvalue weighted by Crippen LogP contribution is -2.50. The second kappa shape index (κ2) is 11.2. The molecule has 2 aromatic heterocycles. The van der Waals surface area contributed by atoms with Gasteiger partial charge in [0.25, 0.3) is 0 Å². The lowest BCUT2D eigenvalue weighted by molar-refractivity contribution is -0.141. The van der Waals surface area contributed by atoms with Crippen LogP contribution in [0.4, 0.5) is 0 Å². The Hall–Kier alpha value is -4.40. The molecule has 9 nitrogen and oxygen atoms in total. The molecule has 0 aliphatic carbocycles. The number of ketones is 1. The van der Waals surface area contributed by atoms with Gasteiger partial charge in [-0.2, -0.15) is 5.10 Å². The highest BCUT2D eigenvalue weighted by Gasteiger charge is 2.43. The minimum absolute atomic E-state index is 0.0767. The fourth-order valence-electron chi connectivity index (χ4n) is 5.81.